The Hall–Kier alpha value is -15.2. The van der Waals surface area contributed by atoms with Crippen molar-refractivity contribution in [1.82, 2.24) is 0 Å². The summed E-state index contributed by atoms with van der Waals surface area (Å²) in [7, 11) is 0. The van der Waals surface area contributed by atoms with Gasteiger partial charge in [0.2, 0.25) is 13.4 Å². The molecule has 7 aliphatic rings. The average molecular weight is 1830 g/mol. The third-order valence-corrected chi connectivity index (χ3v) is 28.8. The van der Waals surface area contributed by atoms with Gasteiger partial charge in [-0.2, -0.15) is 0 Å². The van der Waals surface area contributed by atoms with Gasteiger partial charge >= 0.3 is 0 Å². The van der Waals surface area contributed by atoms with Crippen molar-refractivity contribution < 1.29 is 4.74 Å². The van der Waals surface area contributed by atoms with Gasteiger partial charge in [0.25, 0.3) is 13.4 Å². The maximum Gasteiger partial charge on any atom is 0.256 e. The van der Waals surface area contributed by atoms with Crippen LogP contribution in [0.4, 0.5) is 73.9 Å². The summed E-state index contributed by atoms with van der Waals surface area (Å²) in [5, 5.41) is 0. The second-order valence-corrected chi connectivity index (χ2v) is 43.3. The van der Waals surface area contributed by atoms with Crippen LogP contribution >= 0.6 is 0 Å². The van der Waals surface area contributed by atoms with Gasteiger partial charge in [-0.1, -0.05) is 356 Å². The molecular weight excluding hydrogens is 1700 g/mol. The largest absolute Gasteiger partial charge is 0.458 e. The van der Waals surface area contributed by atoms with E-state index in [2.05, 4.69) is 572 Å². The van der Waals surface area contributed by atoms with Crippen molar-refractivity contribution in [3.8, 4) is 56.0 Å². The quantitative estimate of drug-likeness (QED) is 0.159. The predicted octanol–water partition coefficient (Wildman–Crippen LogP) is 25.9. The Morgan fingerprint density at radius 1 is 0.170 bits per heavy atom. The average Bonchev–Trinajstić information content (AvgIpc) is 1.28. The van der Waals surface area contributed by atoms with Gasteiger partial charge in [0.1, 0.15) is 11.5 Å². The molecule has 11 heteroatoms. The van der Waals surface area contributed by atoms with Crippen LogP contribution < -0.4 is 99.7 Å². The number of rotatable bonds is 5. The maximum absolute atomic E-state index is 6.27. The monoisotopic (exact) mass is 1830 g/mol. The molecule has 690 valence electrons. The molecule has 0 saturated heterocycles. The lowest BCUT2D eigenvalue weighted by atomic mass is 9.33. The molecule has 0 unspecified atom stereocenters. The van der Waals surface area contributed by atoms with E-state index in [1.165, 1.54) is 195 Å². The molecule has 0 bridgehead atoms. The van der Waals surface area contributed by atoms with Crippen LogP contribution in [0.25, 0.3) is 44.5 Å². The smallest absolute Gasteiger partial charge is 0.256 e. The Labute approximate surface area is 837 Å². The zero-order chi connectivity index (χ0) is 97.5. The molecule has 0 radical (unpaired) electrons. The topological polar surface area (TPSA) is 28.7 Å². The van der Waals surface area contributed by atoms with Crippen LogP contribution in [0.5, 0.6) is 11.5 Å². The number of nitrogens with zero attached hydrogens (tertiary/aromatic N) is 6. The first-order valence-electron chi connectivity index (χ1n) is 50.2. The van der Waals surface area contributed by atoms with E-state index in [9.17, 15) is 0 Å². The minimum Gasteiger partial charge on any atom is -0.458 e. The van der Waals surface area contributed by atoms with Gasteiger partial charge in [0, 0.05) is 113 Å². The number of aryl methyl sites for hydroxylation is 2. The molecule has 0 aliphatic carbocycles. The molecule has 18 aromatic carbocycles. The van der Waals surface area contributed by atoms with Gasteiger partial charge in [0.15, 0.2) is 0 Å². The summed E-state index contributed by atoms with van der Waals surface area (Å²) in [5.41, 5.74) is 46.0. The Kier molecular flexibility index (Phi) is 24.1. The van der Waals surface area contributed by atoms with Crippen LogP contribution in [-0.4, -0.2) is 54.5 Å². The summed E-state index contributed by atoms with van der Waals surface area (Å²) >= 11 is 0. The van der Waals surface area contributed by atoms with Gasteiger partial charge in [0.05, 0.1) is 0 Å². The number of fused-ring (bicyclic) bond motifs is 17. The first-order valence-corrected chi connectivity index (χ1v) is 50.2. The number of anilines is 13. The minimum atomic E-state index is -0.0572. The molecule has 7 nitrogen and oxygen atoms in total. The van der Waals surface area contributed by atoms with Gasteiger partial charge in [-0.05, 0) is 303 Å². The van der Waals surface area contributed by atoms with Crippen molar-refractivity contribution >= 4 is 166 Å². The fourth-order valence-electron chi connectivity index (χ4n) is 23.6. The Balaban J connectivity index is 0.000000105. The summed E-state index contributed by atoms with van der Waals surface area (Å²) in [4.78, 5) is 14.9. The number of hydrogen-bond acceptors (Lipinski definition) is 7. The number of ether oxygens (including phenoxy) is 1. The second kappa shape index (κ2) is 36.9. The fraction of sp³-hybridized carbons (Fsp3) is 0.169. The fourth-order valence-corrected chi connectivity index (χ4v) is 23.6. The molecule has 25 rings (SSSR count). The summed E-state index contributed by atoms with van der Waals surface area (Å²) in [6.07, 6.45) is 0. The molecule has 0 aromatic heterocycles. The van der Waals surface area contributed by atoms with E-state index in [1.807, 2.05) is 6.07 Å². The number of benzene rings is 18. The summed E-state index contributed by atoms with van der Waals surface area (Å²) < 4.78 is 6.27. The van der Waals surface area contributed by atoms with Crippen LogP contribution in [-0.2, 0) is 0 Å². The first-order chi connectivity index (χ1) is 68.1. The van der Waals surface area contributed by atoms with E-state index in [0.717, 1.165) is 11.5 Å². The predicted molar refractivity (Wildman–Crippen MR) is 611 cm³/mol. The zero-order valence-corrected chi connectivity index (χ0v) is 84.4. The van der Waals surface area contributed by atoms with E-state index in [-0.39, 0.29) is 54.5 Å². The van der Waals surface area contributed by atoms with Crippen molar-refractivity contribution in [3.63, 3.8) is 0 Å². The number of hydrogen-bond donors (Lipinski definition) is 0. The first kappa shape index (κ1) is 92.2. The molecule has 0 N–H and O–H groups in total. The molecule has 7 aliphatic heterocycles. The van der Waals surface area contributed by atoms with Gasteiger partial charge in [-0.15, -0.1) is 0 Å². The molecular formula is C130H122B4N6O. The third kappa shape index (κ3) is 16.7. The highest BCUT2D eigenvalue weighted by Crippen LogP contribution is 2.52. The molecule has 141 heavy (non-hydrogen) atoms. The Morgan fingerprint density at radius 2 is 0.411 bits per heavy atom. The summed E-state index contributed by atoms with van der Waals surface area (Å²) in [5.74, 6) is 1.95. The highest BCUT2D eigenvalue weighted by atomic mass is 16.5. The molecule has 7 heterocycles. The Bertz CT molecular complexity index is 7490. The van der Waals surface area contributed by atoms with Crippen LogP contribution in [0, 0.1) is 13.8 Å². The zero-order valence-electron chi connectivity index (χ0n) is 84.4. The van der Waals surface area contributed by atoms with Gasteiger partial charge in [-0.25, -0.2) is 0 Å². The molecule has 0 saturated carbocycles. The molecule has 18 aromatic rings. The standard InChI is InChI=1S/C34H30BN.C28H25BN2.C24H26BN.C22H20BNO.C22H21N/c1-34(2,3)36-31-23-12-10-21-29(31)35(30-22-11-13-24-32(30)36)33-27(25-15-6-4-7-16-25)19-14-20-28(33)26-17-8-5-9-18-26;1-28(2,3)31-24-17-10-8-15-22(24)29-21-14-7-9-16-23(21)30(20-12-5-4-6-13-20)25-18-11-19-26(31)27(25)29;1-17-11-10-12-18(2)23(17)25-19-13-6-8-15-21(19)26(24(3,4)5)22-16-9-7-14-20(22)25;1-22(2,3)24-17-11-6-4-9-15(17)23-16-10-5-7-13-19(16)25-20-14-8-12-18(24)21(20)23;1-22(2,3)23-20-14-8-6-12-18(20)16-10-4-5-11-17(16)19-13-7-9-15-21(19)23/h4-24H,1-3H3;4-19H,1-3H3;6-16H,1-5H3;4-14H,1-3H3;4-15H,1-3H3. The van der Waals surface area contributed by atoms with E-state index >= 15 is 0 Å². The van der Waals surface area contributed by atoms with E-state index in [0.29, 0.717) is 0 Å². The van der Waals surface area contributed by atoms with Crippen LogP contribution in [0.2, 0.25) is 0 Å². The highest BCUT2D eigenvalue weighted by Gasteiger charge is 2.48. The third-order valence-electron chi connectivity index (χ3n) is 28.8. The minimum absolute atomic E-state index is 0.00570. The Morgan fingerprint density at radius 3 is 0.809 bits per heavy atom. The van der Waals surface area contributed by atoms with Crippen molar-refractivity contribution in [2.75, 3.05) is 29.4 Å². The van der Waals surface area contributed by atoms with Crippen molar-refractivity contribution in [2.45, 2.75) is 145 Å². The molecule has 0 spiro atoms. The van der Waals surface area contributed by atoms with Gasteiger partial charge < -0.3 is 34.1 Å². The highest BCUT2D eigenvalue weighted by molar-refractivity contribution is 7.01. The maximum atomic E-state index is 6.27. The van der Waals surface area contributed by atoms with E-state index in [1.54, 1.807) is 0 Å². The lowest BCUT2D eigenvalue weighted by Gasteiger charge is -2.48. The summed E-state index contributed by atoms with van der Waals surface area (Å²) in [6, 6.07) is 156. The van der Waals surface area contributed by atoms with Crippen molar-refractivity contribution in [1.29, 1.82) is 0 Å². The van der Waals surface area contributed by atoms with Crippen LogP contribution in [0.1, 0.15) is 115 Å². The van der Waals surface area contributed by atoms with Crippen LogP contribution in [0.3, 0.4) is 0 Å². The lowest BCUT2D eigenvalue weighted by molar-refractivity contribution is 0.486. The van der Waals surface area contributed by atoms with Gasteiger partial charge in [-0.3, -0.25) is 0 Å². The van der Waals surface area contributed by atoms with Crippen molar-refractivity contribution in [2.24, 2.45) is 0 Å². The molecule has 0 fully saturated rings. The van der Waals surface area contributed by atoms with E-state index < -0.39 is 0 Å². The van der Waals surface area contributed by atoms with Crippen molar-refractivity contribution in [3.05, 3.63) is 442 Å². The SMILES string of the molecule is CC(C)(C)N1c2ccccc2-c2ccccc2-c2ccccc21.CC(C)(C)N1c2ccccc2B(c2c(-c3ccccc3)cccc2-c2ccccc2)c2ccccc21.CC(C)(C)N1c2ccccc2B2c3ccccc3N(c3ccccc3)c3cccc1c32.CC(C)(C)N1c2ccccc2B2c3ccccc3Oc3cccc1c32.Cc1cccc(C)c1B1c2ccccc2N(C(C)(C)C)c2ccccc21. The normalized spacial score (nSPS) is 13.5. The summed E-state index contributed by atoms with van der Waals surface area (Å²) in [6.45, 7) is 39.6. The molecule has 0 amide bonds. The number of para-hydroxylation sites is 11. The second-order valence-electron chi connectivity index (χ2n) is 43.3. The molecule has 0 atom stereocenters. The van der Waals surface area contributed by atoms with Crippen LogP contribution in [0.15, 0.2) is 431 Å². The van der Waals surface area contributed by atoms with E-state index in [4.69, 9.17) is 4.74 Å². The lowest BCUT2D eigenvalue weighted by Crippen LogP contribution is -2.63.